The van der Waals surface area contributed by atoms with Crippen molar-refractivity contribution in [2.24, 2.45) is 0 Å². The summed E-state index contributed by atoms with van der Waals surface area (Å²) in [6.45, 7) is 0. The van der Waals surface area contributed by atoms with Gasteiger partial charge in [-0.05, 0) is 35.9 Å². The zero-order valence-electron chi connectivity index (χ0n) is 11.3. The van der Waals surface area contributed by atoms with E-state index in [1.54, 1.807) is 18.2 Å². The second kappa shape index (κ2) is 6.45. The van der Waals surface area contributed by atoms with Crippen LogP contribution in [0.1, 0.15) is 11.1 Å². The Balaban J connectivity index is 2.21. The maximum atomic E-state index is 12.8. The monoisotopic (exact) mass is 328 g/mol. The molecule has 2 aromatic carbocycles. The summed E-state index contributed by atoms with van der Waals surface area (Å²) in [6, 6.07) is 10.2. The standard InChI is InChI=1S/C15H14ClFO3S/c1-20-15-7-4-13(16)8-12(15)10-21(18,19)9-11-2-5-14(17)6-3-11/h2-8H,9-10H2,1H3. The van der Waals surface area contributed by atoms with Crippen LogP contribution in [0.4, 0.5) is 4.39 Å². The lowest BCUT2D eigenvalue weighted by molar-refractivity contribution is 0.411. The maximum absolute atomic E-state index is 12.8. The zero-order valence-corrected chi connectivity index (χ0v) is 12.9. The van der Waals surface area contributed by atoms with Crippen molar-refractivity contribution in [2.45, 2.75) is 11.5 Å². The fourth-order valence-electron chi connectivity index (χ4n) is 1.98. The van der Waals surface area contributed by atoms with E-state index in [9.17, 15) is 12.8 Å². The SMILES string of the molecule is COc1ccc(Cl)cc1CS(=O)(=O)Cc1ccc(F)cc1. The molecule has 6 heteroatoms. The molecule has 21 heavy (non-hydrogen) atoms. The van der Waals surface area contributed by atoms with Crippen LogP contribution in [0.15, 0.2) is 42.5 Å². The van der Waals surface area contributed by atoms with E-state index in [2.05, 4.69) is 0 Å². The molecular formula is C15H14ClFO3S. The van der Waals surface area contributed by atoms with Crippen LogP contribution < -0.4 is 4.74 Å². The molecule has 0 aliphatic rings. The van der Waals surface area contributed by atoms with Crippen molar-refractivity contribution in [3.05, 3.63) is 64.4 Å². The van der Waals surface area contributed by atoms with Crippen molar-refractivity contribution in [3.63, 3.8) is 0 Å². The first kappa shape index (κ1) is 15.8. The van der Waals surface area contributed by atoms with Crippen LogP contribution in [0.3, 0.4) is 0 Å². The summed E-state index contributed by atoms with van der Waals surface area (Å²) in [7, 11) is -1.94. The fourth-order valence-corrected chi connectivity index (χ4v) is 3.68. The summed E-state index contributed by atoms with van der Waals surface area (Å²) in [4.78, 5) is 0. The Morgan fingerprint density at radius 2 is 1.76 bits per heavy atom. The highest BCUT2D eigenvalue weighted by Crippen LogP contribution is 2.25. The first-order valence-electron chi connectivity index (χ1n) is 6.17. The molecule has 112 valence electrons. The van der Waals surface area contributed by atoms with Crippen LogP contribution in [-0.2, 0) is 21.3 Å². The van der Waals surface area contributed by atoms with Crippen LogP contribution in [0.5, 0.6) is 5.75 Å². The molecule has 0 heterocycles. The number of benzene rings is 2. The highest BCUT2D eigenvalue weighted by atomic mass is 35.5. The lowest BCUT2D eigenvalue weighted by atomic mass is 10.2. The number of ether oxygens (including phenoxy) is 1. The average Bonchev–Trinajstić information content (AvgIpc) is 2.41. The van der Waals surface area contributed by atoms with E-state index in [4.69, 9.17) is 16.3 Å². The molecule has 0 N–H and O–H groups in total. The van der Waals surface area contributed by atoms with Crippen LogP contribution in [0.25, 0.3) is 0 Å². The van der Waals surface area contributed by atoms with E-state index in [1.165, 1.54) is 31.4 Å². The normalized spacial score (nSPS) is 11.4. The van der Waals surface area contributed by atoms with Crippen LogP contribution in [0.2, 0.25) is 5.02 Å². The molecule has 0 radical (unpaired) electrons. The minimum atomic E-state index is -3.41. The first-order valence-corrected chi connectivity index (χ1v) is 8.37. The van der Waals surface area contributed by atoms with Gasteiger partial charge < -0.3 is 4.74 Å². The number of hydrogen-bond acceptors (Lipinski definition) is 3. The molecule has 2 aromatic rings. The molecule has 0 aliphatic heterocycles. The van der Waals surface area contributed by atoms with E-state index in [1.807, 2.05) is 0 Å². The van der Waals surface area contributed by atoms with Crippen molar-refractivity contribution in [2.75, 3.05) is 7.11 Å². The summed E-state index contributed by atoms with van der Waals surface area (Å²) in [6.07, 6.45) is 0. The molecule has 0 aliphatic carbocycles. The molecule has 2 rings (SSSR count). The summed E-state index contributed by atoms with van der Waals surface area (Å²) in [5.74, 6) is -0.272. The Kier molecular flexibility index (Phi) is 4.85. The minimum Gasteiger partial charge on any atom is -0.496 e. The third-order valence-corrected chi connectivity index (χ3v) is 4.68. The average molecular weight is 329 g/mol. The Hall–Kier alpha value is -1.59. The molecule has 0 unspecified atom stereocenters. The van der Waals surface area contributed by atoms with Gasteiger partial charge in [0.1, 0.15) is 11.6 Å². The Labute approximate surface area is 128 Å². The third kappa shape index (κ3) is 4.44. The number of halogens is 2. The maximum Gasteiger partial charge on any atom is 0.158 e. The van der Waals surface area contributed by atoms with E-state index < -0.39 is 15.7 Å². The second-order valence-corrected chi connectivity index (χ2v) is 7.12. The highest BCUT2D eigenvalue weighted by Gasteiger charge is 2.16. The topological polar surface area (TPSA) is 43.4 Å². The number of methoxy groups -OCH3 is 1. The number of rotatable bonds is 5. The molecule has 0 atom stereocenters. The van der Waals surface area contributed by atoms with Crippen molar-refractivity contribution in [1.29, 1.82) is 0 Å². The van der Waals surface area contributed by atoms with E-state index in [0.29, 0.717) is 21.9 Å². The van der Waals surface area contributed by atoms with Crippen molar-refractivity contribution in [1.82, 2.24) is 0 Å². The van der Waals surface area contributed by atoms with Crippen LogP contribution >= 0.6 is 11.6 Å². The van der Waals surface area contributed by atoms with Gasteiger partial charge in [0.15, 0.2) is 9.84 Å². The number of hydrogen-bond donors (Lipinski definition) is 0. The lowest BCUT2D eigenvalue weighted by Crippen LogP contribution is -2.08. The fraction of sp³-hybridized carbons (Fsp3) is 0.200. The smallest absolute Gasteiger partial charge is 0.158 e. The second-order valence-electron chi connectivity index (χ2n) is 4.61. The van der Waals surface area contributed by atoms with Gasteiger partial charge in [-0.15, -0.1) is 0 Å². The first-order chi connectivity index (χ1) is 9.89. The Morgan fingerprint density at radius 1 is 1.10 bits per heavy atom. The quantitative estimate of drug-likeness (QED) is 0.842. The summed E-state index contributed by atoms with van der Waals surface area (Å²) in [5, 5.41) is 0.447. The summed E-state index contributed by atoms with van der Waals surface area (Å²) < 4.78 is 42.5. The molecule has 0 amide bonds. The Bertz CT molecular complexity index is 727. The zero-order chi connectivity index (χ0) is 15.5. The van der Waals surface area contributed by atoms with Gasteiger partial charge in [-0.2, -0.15) is 0 Å². The van der Waals surface area contributed by atoms with Crippen molar-refractivity contribution < 1.29 is 17.5 Å². The van der Waals surface area contributed by atoms with Gasteiger partial charge in [0.05, 0.1) is 18.6 Å². The predicted molar refractivity (Wildman–Crippen MR) is 80.7 cm³/mol. The predicted octanol–water partition coefficient (Wildman–Crippen LogP) is 3.60. The molecule has 0 saturated carbocycles. The van der Waals surface area contributed by atoms with E-state index in [0.717, 1.165) is 0 Å². The molecule has 0 bridgehead atoms. The van der Waals surface area contributed by atoms with Gasteiger partial charge in [-0.3, -0.25) is 0 Å². The molecule has 3 nitrogen and oxygen atoms in total. The van der Waals surface area contributed by atoms with Crippen molar-refractivity contribution >= 4 is 21.4 Å². The molecule has 0 spiro atoms. The summed E-state index contributed by atoms with van der Waals surface area (Å²) in [5.41, 5.74) is 1.05. The van der Waals surface area contributed by atoms with Crippen LogP contribution in [0, 0.1) is 5.82 Å². The van der Waals surface area contributed by atoms with Gasteiger partial charge in [-0.25, -0.2) is 12.8 Å². The van der Waals surface area contributed by atoms with Gasteiger partial charge in [-0.1, -0.05) is 23.7 Å². The van der Waals surface area contributed by atoms with Gasteiger partial charge in [0, 0.05) is 10.6 Å². The highest BCUT2D eigenvalue weighted by molar-refractivity contribution is 7.89. The van der Waals surface area contributed by atoms with Crippen LogP contribution in [-0.4, -0.2) is 15.5 Å². The van der Waals surface area contributed by atoms with E-state index in [-0.39, 0.29) is 11.5 Å². The van der Waals surface area contributed by atoms with Gasteiger partial charge in [0.25, 0.3) is 0 Å². The largest absolute Gasteiger partial charge is 0.496 e. The minimum absolute atomic E-state index is 0.164. The summed E-state index contributed by atoms with van der Waals surface area (Å²) >= 11 is 5.89. The molecule has 0 aromatic heterocycles. The van der Waals surface area contributed by atoms with Crippen molar-refractivity contribution in [3.8, 4) is 5.75 Å². The van der Waals surface area contributed by atoms with Gasteiger partial charge >= 0.3 is 0 Å². The molecular weight excluding hydrogens is 315 g/mol. The molecule has 0 saturated heterocycles. The van der Waals surface area contributed by atoms with Gasteiger partial charge in [0.2, 0.25) is 0 Å². The van der Waals surface area contributed by atoms with E-state index >= 15 is 0 Å². The Morgan fingerprint density at radius 3 is 2.38 bits per heavy atom. The lowest BCUT2D eigenvalue weighted by Gasteiger charge is -2.10. The third-order valence-electron chi connectivity index (χ3n) is 2.92. The number of sulfone groups is 1. The molecule has 0 fully saturated rings.